The molecule has 0 fully saturated rings. The summed E-state index contributed by atoms with van der Waals surface area (Å²) in [6, 6.07) is 5.26. The minimum Gasteiger partial charge on any atom is -0.340 e. The lowest BCUT2D eigenvalue weighted by molar-refractivity contribution is -0.137. The van der Waals surface area contributed by atoms with Gasteiger partial charge >= 0.3 is 0 Å². The molecule has 2 nitrogen and oxygen atoms in total. The van der Waals surface area contributed by atoms with Crippen LogP contribution in [0.4, 0.5) is 0 Å². The van der Waals surface area contributed by atoms with E-state index >= 15 is 0 Å². The van der Waals surface area contributed by atoms with Crippen molar-refractivity contribution in [1.29, 1.82) is 0 Å². The molecule has 3 heteroatoms. The monoisotopic (exact) mass is 202 g/mol. The van der Waals surface area contributed by atoms with Crippen LogP contribution in [0.5, 0.6) is 5.75 Å². The largest absolute Gasteiger partial charge is 0.340 e. The van der Waals surface area contributed by atoms with Crippen molar-refractivity contribution >= 4 is 15.9 Å². The summed E-state index contributed by atoms with van der Waals surface area (Å²) in [5.74, 6) is 0.442. The molecule has 10 heavy (non-hydrogen) atoms. The number of rotatable bonds is 1. The van der Waals surface area contributed by atoms with Crippen LogP contribution in [0.2, 0.25) is 0 Å². The zero-order valence-electron chi connectivity index (χ0n) is 5.47. The van der Waals surface area contributed by atoms with Crippen LogP contribution < -0.4 is 4.89 Å². The van der Waals surface area contributed by atoms with Gasteiger partial charge in [-0.15, -0.1) is 0 Å². The van der Waals surface area contributed by atoms with Crippen LogP contribution in [-0.2, 0) is 0 Å². The van der Waals surface area contributed by atoms with Gasteiger partial charge in [0.1, 0.15) is 0 Å². The molecular formula is C7H7BrO2. The predicted molar refractivity (Wildman–Crippen MR) is 42.1 cm³/mol. The molecule has 0 bridgehead atoms. The Morgan fingerprint density at radius 1 is 1.50 bits per heavy atom. The van der Waals surface area contributed by atoms with Gasteiger partial charge in [-0.1, -0.05) is 22.0 Å². The molecule has 54 valence electrons. The second-order valence-electron chi connectivity index (χ2n) is 2.00. The van der Waals surface area contributed by atoms with E-state index in [2.05, 4.69) is 20.8 Å². The molecule has 0 unspecified atom stereocenters. The van der Waals surface area contributed by atoms with E-state index in [0.717, 1.165) is 10.0 Å². The van der Waals surface area contributed by atoms with Gasteiger partial charge in [0.05, 0.1) is 0 Å². The number of hydrogen-bond donors (Lipinski definition) is 1. The zero-order valence-corrected chi connectivity index (χ0v) is 7.05. The average molecular weight is 203 g/mol. The molecule has 1 aromatic rings. The van der Waals surface area contributed by atoms with Crippen molar-refractivity contribution in [2.45, 2.75) is 6.92 Å². The van der Waals surface area contributed by atoms with Crippen LogP contribution in [0.1, 0.15) is 5.56 Å². The standard InChI is InChI=1S/C7H7BrO2/c1-5-2-3-6(10-9)4-7(5)8/h2-4,9H,1H3. The van der Waals surface area contributed by atoms with Gasteiger partial charge < -0.3 is 4.89 Å². The lowest BCUT2D eigenvalue weighted by atomic mass is 10.2. The van der Waals surface area contributed by atoms with Crippen molar-refractivity contribution in [2.75, 3.05) is 0 Å². The smallest absolute Gasteiger partial charge is 0.166 e. The fourth-order valence-corrected chi connectivity index (χ4v) is 0.988. The second-order valence-corrected chi connectivity index (χ2v) is 2.86. The lowest BCUT2D eigenvalue weighted by Crippen LogP contribution is -1.83. The van der Waals surface area contributed by atoms with E-state index in [1.54, 1.807) is 12.1 Å². The van der Waals surface area contributed by atoms with Gasteiger partial charge in [-0.2, -0.15) is 0 Å². The number of aryl methyl sites for hydroxylation is 1. The molecule has 0 aromatic heterocycles. The molecular weight excluding hydrogens is 196 g/mol. The third-order valence-electron chi connectivity index (χ3n) is 1.25. The highest BCUT2D eigenvalue weighted by atomic mass is 79.9. The van der Waals surface area contributed by atoms with Crippen molar-refractivity contribution in [2.24, 2.45) is 0 Å². The van der Waals surface area contributed by atoms with Crippen LogP contribution in [0, 0.1) is 6.92 Å². The summed E-state index contributed by atoms with van der Waals surface area (Å²) in [5, 5.41) is 8.23. The Morgan fingerprint density at radius 2 is 2.20 bits per heavy atom. The van der Waals surface area contributed by atoms with Crippen LogP contribution in [0.3, 0.4) is 0 Å². The van der Waals surface area contributed by atoms with E-state index in [9.17, 15) is 0 Å². The van der Waals surface area contributed by atoms with Gasteiger partial charge in [0.25, 0.3) is 0 Å². The molecule has 0 aliphatic heterocycles. The fourth-order valence-electron chi connectivity index (χ4n) is 0.630. The van der Waals surface area contributed by atoms with Crippen LogP contribution in [0.15, 0.2) is 22.7 Å². The Hall–Kier alpha value is -0.540. The molecule has 0 saturated carbocycles. The Morgan fingerprint density at radius 3 is 2.70 bits per heavy atom. The van der Waals surface area contributed by atoms with E-state index in [-0.39, 0.29) is 0 Å². The number of halogens is 1. The summed E-state index contributed by atoms with van der Waals surface area (Å²) in [4.78, 5) is 4.02. The second kappa shape index (κ2) is 3.03. The highest BCUT2D eigenvalue weighted by Crippen LogP contribution is 2.21. The van der Waals surface area contributed by atoms with Gasteiger partial charge in [0.15, 0.2) is 5.75 Å². The van der Waals surface area contributed by atoms with Gasteiger partial charge in [0, 0.05) is 4.47 Å². The van der Waals surface area contributed by atoms with Gasteiger partial charge in [-0.05, 0) is 24.6 Å². The number of hydrogen-bond acceptors (Lipinski definition) is 2. The van der Waals surface area contributed by atoms with E-state index in [4.69, 9.17) is 5.26 Å². The van der Waals surface area contributed by atoms with Gasteiger partial charge in [0.2, 0.25) is 0 Å². The zero-order chi connectivity index (χ0) is 7.56. The first kappa shape index (κ1) is 7.57. The molecule has 0 spiro atoms. The first-order chi connectivity index (χ1) is 4.74. The molecule has 0 aliphatic carbocycles. The Balaban J connectivity index is 3.04. The maximum absolute atomic E-state index is 8.23. The van der Waals surface area contributed by atoms with E-state index in [0.29, 0.717) is 5.75 Å². The van der Waals surface area contributed by atoms with E-state index in [1.807, 2.05) is 13.0 Å². The van der Waals surface area contributed by atoms with Crippen molar-refractivity contribution in [1.82, 2.24) is 0 Å². The molecule has 0 radical (unpaired) electrons. The van der Waals surface area contributed by atoms with E-state index in [1.165, 1.54) is 0 Å². The van der Waals surface area contributed by atoms with Crippen molar-refractivity contribution in [3.05, 3.63) is 28.2 Å². The molecule has 1 N–H and O–H groups in total. The SMILES string of the molecule is Cc1ccc(OO)cc1Br. The average Bonchev–Trinajstić information content (AvgIpc) is 1.95. The summed E-state index contributed by atoms with van der Waals surface area (Å²) in [7, 11) is 0. The first-order valence-corrected chi connectivity index (χ1v) is 3.61. The Kier molecular flexibility index (Phi) is 2.29. The summed E-state index contributed by atoms with van der Waals surface area (Å²) < 4.78 is 0.930. The van der Waals surface area contributed by atoms with Crippen molar-refractivity contribution in [3.8, 4) is 5.75 Å². The Labute approximate surface area is 67.5 Å². The summed E-state index contributed by atoms with van der Waals surface area (Å²) in [5.41, 5.74) is 1.11. The van der Waals surface area contributed by atoms with Crippen LogP contribution >= 0.6 is 15.9 Å². The summed E-state index contributed by atoms with van der Waals surface area (Å²) in [6.07, 6.45) is 0. The fraction of sp³-hybridized carbons (Fsp3) is 0.143. The minimum absolute atomic E-state index is 0.442. The lowest BCUT2D eigenvalue weighted by Gasteiger charge is -1.98. The molecule has 0 heterocycles. The van der Waals surface area contributed by atoms with Gasteiger partial charge in [-0.25, -0.2) is 5.26 Å². The topological polar surface area (TPSA) is 29.5 Å². The molecule has 0 amide bonds. The molecule has 1 rings (SSSR count). The molecule has 0 saturated heterocycles. The Bertz CT molecular complexity index is 235. The maximum atomic E-state index is 8.23. The van der Waals surface area contributed by atoms with Gasteiger partial charge in [-0.3, -0.25) is 0 Å². The van der Waals surface area contributed by atoms with Crippen LogP contribution in [0.25, 0.3) is 0 Å². The molecule has 1 aromatic carbocycles. The minimum atomic E-state index is 0.442. The summed E-state index contributed by atoms with van der Waals surface area (Å²) >= 11 is 3.30. The highest BCUT2D eigenvalue weighted by molar-refractivity contribution is 9.10. The quantitative estimate of drug-likeness (QED) is 0.561. The summed E-state index contributed by atoms with van der Waals surface area (Å²) in [6.45, 7) is 1.96. The number of benzene rings is 1. The third kappa shape index (κ3) is 1.49. The third-order valence-corrected chi connectivity index (χ3v) is 2.10. The predicted octanol–water partition coefficient (Wildman–Crippen LogP) is 2.61. The molecule has 0 aliphatic rings. The van der Waals surface area contributed by atoms with Crippen molar-refractivity contribution < 1.29 is 10.1 Å². The van der Waals surface area contributed by atoms with Crippen LogP contribution in [-0.4, -0.2) is 5.26 Å². The highest BCUT2D eigenvalue weighted by Gasteiger charge is 1.96. The van der Waals surface area contributed by atoms with Crippen molar-refractivity contribution in [3.63, 3.8) is 0 Å². The maximum Gasteiger partial charge on any atom is 0.166 e. The first-order valence-electron chi connectivity index (χ1n) is 2.81. The molecule has 0 atom stereocenters. The van der Waals surface area contributed by atoms with E-state index < -0.39 is 0 Å². The normalized spacial score (nSPS) is 9.50.